The Hall–Kier alpha value is -4.48. The van der Waals surface area contributed by atoms with Crippen LogP contribution < -0.4 is 26.8 Å². The number of pyridine rings is 1. The van der Waals surface area contributed by atoms with Crippen molar-refractivity contribution >= 4 is 41.2 Å². The van der Waals surface area contributed by atoms with Gasteiger partial charge in [0.1, 0.15) is 24.0 Å². The normalized spacial score (nSPS) is 21.2. The van der Waals surface area contributed by atoms with E-state index in [0.29, 0.717) is 29.7 Å². The Kier molecular flexibility index (Phi) is 13.1. The summed E-state index contributed by atoms with van der Waals surface area (Å²) in [4.78, 5) is 79.1. The van der Waals surface area contributed by atoms with E-state index in [1.807, 2.05) is 19.1 Å². The van der Waals surface area contributed by atoms with Crippen LogP contribution in [0.2, 0.25) is 0 Å². The van der Waals surface area contributed by atoms with Gasteiger partial charge in [0.15, 0.2) is 5.76 Å². The molecule has 2 fully saturated rings. The highest BCUT2D eigenvalue weighted by molar-refractivity contribution is 6.36. The Balaban J connectivity index is 0.00000378. The van der Waals surface area contributed by atoms with Crippen LogP contribution in [0.5, 0.6) is 0 Å². The second kappa shape index (κ2) is 17.6. The fraction of sp³-hybridized carbons (Fsp3) is 0.590. The number of nitrogens with one attached hydrogen (secondary N) is 4. The zero-order chi connectivity index (χ0) is 36.5. The maximum Gasteiger partial charge on any atom is 0.287 e. The Morgan fingerprint density at radius 3 is 2.69 bits per heavy atom. The molecule has 0 aliphatic heterocycles. The van der Waals surface area contributed by atoms with Gasteiger partial charge in [-0.2, -0.15) is 0 Å². The highest BCUT2D eigenvalue weighted by atomic mass is 16.4. The van der Waals surface area contributed by atoms with E-state index in [1.54, 1.807) is 13.0 Å². The van der Waals surface area contributed by atoms with E-state index < -0.39 is 35.1 Å². The summed E-state index contributed by atoms with van der Waals surface area (Å²) in [6.07, 6.45) is 15.7. The molecule has 2 saturated carbocycles. The van der Waals surface area contributed by atoms with Crippen LogP contribution >= 0.6 is 0 Å². The molecule has 2 aromatic rings. The fourth-order valence-corrected chi connectivity index (χ4v) is 8.06. The predicted octanol–water partition coefficient (Wildman–Crippen LogP) is 5.81. The average molecular weight is 712 g/mol. The number of ketones is 1. The molecule has 4 amide bonds. The molecule has 51 heavy (non-hydrogen) atoms. The van der Waals surface area contributed by atoms with Crippen molar-refractivity contribution in [1.82, 2.24) is 20.5 Å². The Morgan fingerprint density at radius 1 is 1.10 bits per heavy atom. The summed E-state index contributed by atoms with van der Waals surface area (Å²) < 4.78 is 7.09. The van der Waals surface area contributed by atoms with Crippen LogP contribution in [0.25, 0.3) is 6.08 Å². The molecule has 0 saturated heterocycles. The van der Waals surface area contributed by atoms with Crippen molar-refractivity contribution in [2.75, 3.05) is 11.9 Å². The van der Waals surface area contributed by atoms with Crippen LogP contribution in [-0.2, 0) is 32.1 Å². The Morgan fingerprint density at radius 2 is 1.92 bits per heavy atom. The van der Waals surface area contributed by atoms with Gasteiger partial charge >= 0.3 is 0 Å². The largest absolute Gasteiger partial charge is 0.451 e. The molecule has 0 radical (unpaired) electrons. The van der Waals surface area contributed by atoms with Gasteiger partial charge in [-0.25, -0.2) is 0 Å². The van der Waals surface area contributed by atoms with Crippen LogP contribution in [0.3, 0.4) is 0 Å². The predicted molar refractivity (Wildman–Crippen MR) is 202 cm³/mol. The molecule has 4 unspecified atom stereocenters. The number of aromatic nitrogens is 1. The average Bonchev–Trinajstić information content (AvgIpc) is 3.47. The van der Waals surface area contributed by atoms with Gasteiger partial charge in [0.2, 0.25) is 17.6 Å². The van der Waals surface area contributed by atoms with Crippen LogP contribution in [-0.4, -0.2) is 52.6 Å². The van der Waals surface area contributed by atoms with Crippen molar-refractivity contribution in [2.45, 2.75) is 123 Å². The molecule has 4 N–H and O–H groups in total. The molecule has 0 aromatic carbocycles. The number of furan rings is 1. The molecule has 2 bridgehead atoms. The lowest BCUT2D eigenvalue weighted by atomic mass is 9.64. The maximum atomic E-state index is 13.7. The summed E-state index contributed by atoms with van der Waals surface area (Å²) in [5, 5.41) is 11.1. The molecule has 12 nitrogen and oxygen atoms in total. The number of amides is 4. The van der Waals surface area contributed by atoms with Gasteiger partial charge in [-0.15, -0.1) is 0 Å². The van der Waals surface area contributed by atoms with E-state index in [1.165, 1.54) is 29.7 Å². The Bertz CT molecular complexity index is 1710. The van der Waals surface area contributed by atoms with Gasteiger partial charge in [-0.3, -0.25) is 28.8 Å². The number of unbranched alkanes of at least 4 members (excludes halogenated alkanes) is 2. The monoisotopic (exact) mass is 711 g/mol. The first-order valence-electron chi connectivity index (χ1n) is 18.8. The number of rotatable bonds is 16. The number of carbonyl (C=O) groups is 5. The number of Topliss-reactive ketones (excluding diaryl/α,β-unsaturated/α-hetero) is 1. The first-order chi connectivity index (χ1) is 24.6. The number of hydrogen-bond donors (Lipinski definition) is 4. The summed E-state index contributed by atoms with van der Waals surface area (Å²) in [5.74, 6) is -0.859. The first kappa shape index (κ1) is 37.8. The first-order valence-corrected chi connectivity index (χ1v) is 18.8. The third-order valence-electron chi connectivity index (χ3n) is 10.9. The van der Waals surface area contributed by atoms with E-state index in [9.17, 15) is 28.8 Å². The SMILES string of the molecule is CCCCCNC(=O)C(=O)CC[C@H](NC(=O)c1oc2c(c1C)CCC=C2)C(=O)Nc1cccn(CC(=O)NC2C(CC)CC3CCCC2C3)c1=O.[HH].[HH].[HH].[HH]. The highest BCUT2D eigenvalue weighted by Crippen LogP contribution is 2.43. The third kappa shape index (κ3) is 9.45. The van der Waals surface area contributed by atoms with Crippen LogP contribution in [0.15, 0.2) is 33.6 Å². The van der Waals surface area contributed by atoms with Crippen molar-refractivity contribution in [3.05, 3.63) is 57.4 Å². The zero-order valence-electron chi connectivity index (χ0n) is 30.2. The molecular weight excluding hydrogens is 650 g/mol. The van der Waals surface area contributed by atoms with Crippen LogP contribution in [0.1, 0.15) is 124 Å². The zero-order valence-corrected chi connectivity index (χ0v) is 30.2. The molecule has 5 atom stereocenters. The standard InChI is InChI=1S/C39H53N5O7.4H2/c1-4-6-9-19-40-37(48)31(45)18-17-29(41-38(49)35-24(3)28-14-7-8-16-32(28)51-35)36(47)42-30-15-11-20-44(39(30)50)23-33(46)43-34-26(5-2)21-25-12-10-13-27(34)22-25;;;;/h8,11,15-16,20,25-27,29,34H,4-7,9-10,12-14,17-19,21-23H2,1-3H3,(H,40,48)(H,41,49)(H,42,47)(H,43,46);4*1H/t25?,26?,27?,29-,34?;;;;/m0..../s1. The summed E-state index contributed by atoms with van der Waals surface area (Å²) in [6.45, 7) is 6.15. The van der Waals surface area contributed by atoms with Crippen LogP contribution in [0.4, 0.5) is 5.69 Å². The second-order valence-electron chi connectivity index (χ2n) is 14.4. The minimum absolute atomic E-state index is 0. The molecule has 2 aromatic heterocycles. The van der Waals surface area contributed by atoms with Crippen molar-refractivity contribution < 1.29 is 34.1 Å². The van der Waals surface area contributed by atoms with E-state index in [2.05, 4.69) is 28.2 Å². The quantitative estimate of drug-likeness (QED) is 0.126. The third-order valence-corrected chi connectivity index (χ3v) is 10.9. The minimum Gasteiger partial charge on any atom is -0.451 e. The highest BCUT2D eigenvalue weighted by Gasteiger charge is 2.39. The number of nitrogens with zero attached hydrogens (tertiary/aromatic N) is 1. The molecule has 2 heterocycles. The summed E-state index contributed by atoms with van der Waals surface area (Å²) >= 11 is 0. The number of carbonyl (C=O) groups excluding carboxylic acids is 5. The molecule has 3 aliphatic rings. The van der Waals surface area contributed by atoms with Gasteiger partial charge in [0, 0.05) is 42.0 Å². The number of anilines is 1. The lowest BCUT2D eigenvalue weighted by molar-refractivity contribution is -0.138. The van der Waals surface area contributed by atoms with E-state index >= 15 is 0 Å². The Labute approximate surface area is 305 Å². The summed E-state index contributed by atoms with van der Waals surface area (Å²) in [6, 6.07) is 1.80. The van der Waals surface area contributed by atoms with E-state index in [4.69, 9.17) is 4.42 Å². The maximum absolute atomic E-state index is 13.7. The second-order valence-corrected chi connectivity index (χ2v) is 14.4. The topological polar surface area (TPSA) is 169 Å². The van der Waals surface area contributed by atoms with Crippen molar-refractivity contribution in [3.8, 4) is 0 Å². The smallest absolute Gasteiger partial charge is 0.287 e. The van der Waals surface area contributed by atoms with Gasteiger partial charge in [-0.1, -0.05) is 52.0 Å². The van der Waals surface area contributed by atoms with E-state index in [-0.39, 0.29) is 48.5 Å². The number of fused-ring (bicyclic) bond motifs is 3. The summed E-state index contributed by atoms with van der Waals surface area (Å²) in [5.41, 5.74) is 0.926. The van der Waals surface area contributed by atoms with Gasteiger partial charge in [0.25, 0.3) is 17.4 Å². The number of allylic oxidation sites excluding steroid dienone is 1. The lowest BCUT2D eigenvalue weighted by Gasteiger charge is -2.45. The summed E-state index contributed by atoms with van der Waals surface area (Å²) in [7, 11) is 0. The van der Waals surface area contributed by atoms with Crippen LogP contribution in [0, 0.1) is 24.7 Å². The number of hydrogen-bond acceptors (Lipinski definition) is 7. The van der Waals surface area contributed by atoms with Gasteiger partial charge in [0.05, 0.1) is 0 Å². The molecule has 12 heteroatoms. The molecule has 5 rings (SSSR count). The van der Waals surface area contributed by atoms with E-state index in [0.717, 1.165) is 69.3 Å². The van der Waals surface area contributed by atoms with Gasteiger partial charge < -0.3 is 30.3 Å². The molecule has 284 valence electrons. The van der Waals surface area contributed by atoms with Crippen molar-refractivity contribution in [3.63, 3.8) is 0 Å². The molecular formula is C39H61N5O7. The molecule has 0 spiro atoms. The fourth-order valence-electron chi connectivity index (χ4n) is 8.06. The van der Waals surface area contributed by atoms with Gasteiger partial charge in [-0.05, 0) is 87.8 Å². The lowest BCUT2D eigenvalue weighted by Crippen LogP contribution is -2.51. The minimum atomic E-state index is -1.28. The van der Waals surface area contributed by atoms with Crippen molar-refractivity contribution in [1.29, 1.82) is 0 Å². The van der Waals surface area contributed by atoms with Crippen molar-refractivity contribution in [2.24, 2.45) is 17.8 Å². The molecule has 3 aliphatic carbocycles.